The van der Waals surface area contributed by atoms with Crippen molar-refractivity contribution >= 4 is 28.1 Å². The molecular weight excluding hydrogens is 423 g/mol. The third-order valence-electron chi connectivity index (χ3n) is 6.27. The van der Waals surface area contributed by atoms with Crippen molar-refractivity contribution in [2.24, 2.45) is 5.92 Å². The van der Waals surface area contributed by atoms with Gasteiger partial charge in [-0.1, -0.05) is 6.07 Å². The smallest absolute Gasteiger partial charge is 0.298 e. The van der Waals surface area contributed by atoms with Crippen molar-refractivity contribution in [1.82, 2.24) is 29.7 Å². The predicted molar refractivity (Wildman–Crippen MR) is 119 cm³/mol. The molecule has 0 amide bonds. The Labute approximate surface area is 187 Å². The highest BCUT2D eigenvalue weighted by Gasteiger charge is 2.33. The normalized spacial score (nSPS) is 17.1. The molecule has 1 aliphatic heterocycles. The second kappa shape index (κ2) is 7.70. The Balaban J connectivity index is 1.27. The van der Waals surface area contributed by atoms with Gasteiger partial charge >= 0.3 is 0 Å². The Morgan fingerprint density at radius 1 is 1.30 bits per heavy atom. The van der Waals surface area contributed by atoms with E-state index in [0.717, 1.165) is 28.7 Å². The summed E-state index contributed by atoms with van der Waals surface area (Å²) in [6.07, 6.45) is 8.24. The summed E-state index contributed by atoms with van der Waals surface area (Å²) in [4.78, 5) is 18.1. The number of oxazole rings is 1. The standard InChI is InChI=1S/C23H19FN8O/c24-17-2-1-3-19-21(17)30-23(33-19)31-9-6-14(11-31)18(4-7-25)32-12-15(10-29-32)20-16-5-8-26-22(16)28-13-27-20/h1-3,5,8,10,12-14,18H,4,6,9,11H2,(H,26,27,28). The van der Waals surface area contributed by atoms with Crippen LogP contribution < -0.4 is 4.90 Å². The van der Waals surface area contributed by atoms with Crippen LogP contribution in [0, 0.1) is 23.1 Å². The number of rotatable bonds is 5. The van der Waals surface area contributed by atoms with Gasteiger partial charge in [-0.2, -0.15) is 15.3 Å². The van der Waals surface area contributed by atoms with E-state index < -0.39 is 5.82 Å². The minimum atomic E-state index is -0.397. The molecule has 1 saturated heterocycles. The molecule has 5 aromatic rings. The van der Waals surface area contributed by atoms with E-state index in [9.17, 15) is 9.65 Å². The molecule has 0 bridgehead atoms. The topological polar surface area (TPSA) is 112 Å². The molecule has 1 aliphatic rings. The summed E-state index contributed by atoms with van der Waals surface area (Å²) in [5.41, 5.74) is 3.10. The van der Waals surface area contributed by atoms with Crippen LogP contribution in [0.25, 0.3) is 33.4 Å². The fraction of sp³-hybridized carbons (Fsp3) is 0.261. The van der Waals surface area contributed by atoms with Gasteiger partial charge in [-0.3, -0.25) is 4.68 Å². The van der Waals surface area contributed by atoms with Crippen molar-refractivity contribution in [3.63, 3.8) is 0 Å². The molecule has 1 aromatic carbocycles. The Hall–Kier alpha value is -4.26. The molecule has 164 valence electrons. The van der Waals surface area contributed by atoms with Gasteiger partial charge in [-0.05, 0) is 24.6 Å². The van der Waals surface area contributed by atoms with Gasteiger partial charge in [0, 0.05) is 42.4 Å². The van der Waals surface area contributed by atoms with Gasteiger partial charge in [-0.15, -0.1) is 0 Å². The highest BCUT2D eigenvalue weighted by molar-refractivity contribution is 5.90. The molecule has 10 heteroatoms. The molecule has 9 nitrogen and oxygen atoms in total. The van der Waals surface area contributed by atoms with E-state index in [1.807, 2.05) is 28.0 Å². The van der Waals surface area contributed by atoms with E-state index >= 15 is 0 Å². The predicted octanol–water partition coefficient (Wildman–Crippen LogP) is 4.08. The zero-order valence-corrected chi connectivity index (χ0v) is 17.5. The number of nitriles is 1. The molecule has 0 saturated carbocycles. The maximum atomic E-state index is 14.0. The molecule has 1 fully saturated rings. The third-order valence-corrected chi connectivity index (χ3v) is 6.27. The number of benzene rings is 1. The molecule has 1 N–H and O–H groups in total. The first kappa shape index (κ1) is 19.4. The lowest BCUT2D eigenvalue weighted by molar-refractivity contribution is 0.331. The second-order valence-corrected chi connectivity index (χ2v) is 8.18. The zero-order valence-electron chi connectivity index (χ0n) is 17.5. The van der Waals surface area contributed by atoms with Crippen molar-refractivity contribution < 1.29 is 8.81 Å². The molecule has 4 aromatic heterocycles. The van der Waals surface area contributed by atoms with Crippen LogP contribution in [0.5, 0.6) is 0 Å². The van der Waals surface area contributed by atoms with Gasteiger partial charge in [-0.25, -0.2) is 14.4 Å². The van der Waals surface area contributed by atoms with E-state index in [0.29, 0.717) is 31.1 Å². The molecule has 0 spiro atoms. The number of anilines is 1. The fourth-order valence-corrected chi connectivity index (χ4v) is 4.63. The largest absolute Gasteiger partial charge is 0.423 e. The van der Waals surface area contributed by atoms with Gasteiger partial charge in [0.25, 0.3) is 6.01 Å². The van der Waals surface area contributed by atoms with E-state index in [1.54, 1.807) is 18.3 Å². The van der Waals surface area contributed by atoms with Gasteiger partial charge in [0.1, 0.15) is 17.5 Å². The number of aromatic amines is 1. The van der Waals surface area contributed by atoms with Gasteiger partial charge < -0.3 is 14.3 Å². The van der Waals surface area contributed by atoms with Crippen LogP contribution in [0.15, 0.2) is 53.6 Å². The number of hydrogen-bond acceptors (Lipinski definition) is 7. The molecular formula is C23H19FN8O. The first-order valence-electron chi connectivity index (χ1n) is 10.7. The van der Waals surface area contributed by atoms with E-state index in [1.165, 1.54) is 12.4 Å². The summed E-state index contributed by atoms with van der Waals surface area (Å²) in [5.74, 6) is -0.235. The number of aromatic nitrogens is 6. The Kier molecular flexibility index (Phi) is 4.54. The summed E-state index contributed by atoms with van der Waals surface area (Å²) < 4.78 is 21.7. The monoisotopic (exact) mass is 442 g/mol. The average molecular weight is 442 g/mol. The Morgan fingerprint density at radius 2 is 2.24 bits per heavy atom. The SMILES string of the molecule is N#CCC(C1CCN(c2nc3c(F)cccc3o2)C1)n1cc(-c2ncnc3[nH]ccc23)cn1. The lowest BCUT2D eigenvalue weighted by Gasteiger charge is -2.22. The lowest BCUT2D eigenvalue weighted by Crippen LogP contribution is -2.25. The molecule has 2 atom stereocenters. The quantitative estimate of drug-likeness (QED) is 0.436. The Morgan fingerprint density at radius 3 is 3.12 bits per heavy atom. The first-order valence-corrected chi connectivity index (χ1v) is 10.7. The number of fused-ring (bicyclic) bond motifs is 2. The van der Waals surface area contributed by atoms with Crippen LogP contribution in [0.3, 0.4) is 0 Å². The molecule has 0 aliphatic carbocycles. The summed E-state index contributed by atoms with van der Waals surface area (Å²) in [5, 5.41) is 15.0. The highest BCUT2D eigenvalue weighted by atomic mass is 19.1. The van der Waals surface area contributed by atoms with Crippen molar-refractivity contribution in [3.05, 3.63) is 55.0 Å². The lowest BCUT2D eigenvalue weighted by atomic mass is 9.96. The zero-order chi connectivity index (χ0) is 22.4. The van der Waals surface area contributed by atoms with E-state index in [-0.39, 0.29) is 17.5 Å². The second-order valence-electron chi connectivity index (χ2n) is 8.18. The highest BCUT2D eigenvalue weighted by Crippen LogP contribution is 2.35. The Bertz CT molecular complexity index is 1500. The minimum absolute atomic E-state index is 0.113. The maximum absolute atomic E-state index is 14.0. The number of H-pyrrole nitrogens is 1. The summed E-state index contributed by atoms with van der Waals surface area (Å²) in [6, 6.07) is 9.23. The maximum Gasteiger partial charge on any atom is 0.298 e. The molecule has 2 unspecified atom stereocenters. The van der Waals surface area contributed by atoms with Crippen LogP contribution in [0.2, 0.25) is 0 Å². The fourth-order valence-electron chi connectivity index (χ4n) is 4.63. The van der Waals surface area contributed by atoms with Gasteiger partial charge in [0.05, 0.1) is 30.4 Å². The number of nitrogens with one attached hydrogen (secondary N) is 1. The minimum Gasteiger partial charge on any atom is -0.423 e. The van der Waals surface area contributed by atoms with Crippen LogP contribution in [0.1, 0.15) is 18.9 Å². The third kappa shape index (κ3) is 3.29. The van der Waals surface area contributed by atoms with Crippen molar-refractivity contribution in [2.75, 3.05) is 18.0 Å². The van der Waals surface area contributed by atoms with Crippen LogP contribution >= 0.6 is 0 Å². The molecule has 6 rings (SSSR count). The van der Waals surface area contributed by atoms with E-state index in [2.05, 4.69) is 31.1 Å². The van der Waals surface area contributed by atoms with Crippen molar-refractivity contribution in [2.45, 2.75) is 18.9 Å². The van der Waals surface area contributed by atoms with Crippen molar-refractivity contribution in [1.29, 1.82) is 5.26 Å². The van der Waals surface area contributed by atoms with Crippen LogP contribution in [-0.2, 0) is 0 Å². The summed E-state index contributed by atoms with van der Waals surface area (Å²) >= 11 is 0. The summed E-state index contributed by atoms with van der Waals surface area (Å²) in [6.45, 7) is 1.36. The molecule has 0 radical (unpaired) electrons. The number of halogens is 1. The number of para-hydroxylation sites is 1. The number of hydrogen-bond donors (Lipinski definition) is 1. The van der Waals surface area contributed by atoms with Crippen LogP contribution in [-0.4, -0.2) is 42.8 Å². The molecule has 5 heterocycles. The van der Waals surface area contributed by atoms with Crippen LogP contribution in [0.4, 0.5) is 10.4 Å². The van der Waals surface area contributed by atoms with Crippen molar-refractivity contribution in [3.8, 4) is 17.3 Å². The van der Waals surface area contributed by atoms with Gasteiger partial charge in [0.15, 0.2) is 11.4 Å². The van der Waals surface area contributed by atoms with E-state index in [4.69, 9.17) is 4.42 Å². The summed E-state index contributed by atoms with van der Waals surface area (Å²) in [7, 11) is 0. The first-order chi connectivity index (χ1) is 16.2. The van der Waals surface area contributed by atoms with Gasteiger partial charge in [0.2, 0.25) is 0 Å². The number of nitrogens with zero attached hydrogens (tertiary/aromatic N) is 7. The molecule has 33 heavy (non-hydrogen) atoms. The average Bonchev–Trinajstić information content (AvgIpc) is 3.62.